The minimum Gasteiger partial charge on any atom is -0.378 e. The van der Waals surface area contributed by atoms with Crippen LogP contribution in [0.15, 0.2) is 29.4 Å². The third-order valence-corrected chi connectivity index (χ3v) is 6.76. The van der Waals surface area contributed by atoms with Gasteiger partial charge in [0.25, 0.3) is 0 Å². The molecule has 0 aromatic rings. The first-order valence-corrected chi connectivity index (χ1v) is 8.69. The van der Waals surface area contributed by atoms with Crippen molar-refractivity contribution in [1.82, 2.24) is 4.90 Å². The van der Waals surface area contributed by atoms with Crippen LogP contribution in [0.4, 0.5) is 0 Å². The summed E-state index contributed by atoms with van der Waals surface area (Å²) in [6, 6.07) is 0. The zero-order valence-corrected chi connectivity index (χ0v) is 12.8. The molecule has 0 aromatic heterocycles. The highest BCUT2D eigenvalue weighted by atomic mass is 32.2. The van der Waals surface area contributed by atoms with E-state index in [0.29, 0.717) is 25.0 Å². The molecule has 21 heavy (non-hydrogen) atoms. The summed E-state index contributed by atoms with van der Waals surface area (Å²) < 4.78 is 5.41. The second-order valence-corrected chi connectivity index (χ2v) is 7.42. The first-order valence-electron chi connectivity index (χ1n) is 7.70. The maximum Gasteiger partial charge on any atom is 0.227 e. The van der Waals surface area contributed by atoms with Crippen LogP contribution in [-0.4, -0.2) is 53.3 Å². The molecule has 0 bridgehead atoms. The molecule has 1 amide bonds. The van der Waals surface area contributed by atoms with Gasteiger partial charge in [-0.25, -0.2) is 0 Å². The van der Waals surface area contributed by atoms with Crippen molar-refractivity contribution in [2.24, 2.45) is 16.8 Å². The number of morpholine rings is 1. The highest BCUT2D eigenvalue weighted by molar-refractivity contribution is 8.01. The summed E-state index contributed by atoms with van der Waals surface area (Å²) >= 11 is 1.95. The predicted octanol–water partition coefficient (Wildman–Crippen LogP) is 1.88. The van der Waals surface area contributed by atoms with E-state index in [-0.39, 0.29) is 10.7 Å². The van der Waals surface area contributed by atoms with Crippen LogP contribution in [-0.2, 0) is 9.53 Å². The Morgan fingerprint density at radius 2 is 2.24 bits per heavy atom. The molecule has 4 aliphatic rings. The Kier molecular flexibility index (Phi) is 3.42. The van der Waals surface area contributed by atoms with E-state index < -0.39 is 0 Å². The van der Waals surface area contributed by atoms with Gasteiger partial charge in [0, 0.05) is 43.1 Å². The Balaban J connectivity index is 1.59. The Morgan fingerprint density at radius 3 is 3.10 bits per heavy atom. The number of hydrogen-bond donors (Lipinski definition) is 0. The van der Waals surface area contributed by atoms with E-state index in [1.165, 1.54) is 5.71 Å². The van der Waals surface area contributed by atoms with Crippen LogP contribution in [0.5, 0.6) is 0 Å². The van der Waals surface area contributed by atoms with Gasteiger partial charge >= 0.3 is 0 Å². The molecule has 3 heterocycles. The molecule has 0 radical (unpaired) electrons. The average Bonchev–Trinajstić information content (AvgIpc) is 2.93. The molecule has 2 saturated heterocycles. The number of hydrogen-bond acceptors (Lipinski definition) is 4. The fraction of sp³-hybridized carbons (Fsp3) is 0.625. The van der Waals surface area contributed by atoms with Crippen LogP contribution < -0.4 is 0 Å². The summed E-state index contributed by atoms with van der Waals surface area (Å²) in [6.45, 7) is 2.83. The van der Waals surface area contributed by atoms with Crippen molar-refractivity contribution in [3.8, 4) is 0 Å². The van der Waals surface area contributed by atoms with Crippen LogP contribution in [0, 0.1) is 11.8 Å². The molecule has 4 nitrogen and oxygen atoms in total. The second kappa shape index (κ2) is 5.29. The Morgan fingerprint density at radius 1 is 1.38 bits per heavy atom. The Bertz CT molecular complexity index is 536. The normalized spacial score (nSPS) is 37.9. The molecule has 0 aromatic carbocycles. The van der Waals surface area contributed by atoms with E-state index in [1.807, 2.05) is 22.9 Å². The number of aliphatic imine (C=N–C) groups is 1. The van der Waals surface area contributed by atoms with Crippen LogP contribution in [0.1, 0.15) is 12.8 Å². The summed E-state index contributed by atoms with van der Waals surface area (Å²) in [5, 5.41) is 0. The van der Waals surface area contributed by atoms with E-state index in [4.69, 9.17) is 4.74 Å². The lowest BCUT2D eigenvalue weighted by Crippen LogP contribution is -2.49. The molecule has 1 spiro atoms. The van der Waals surface area contributed by atoms with Crippen LogP contribution in [0.2, 0.25) is 0 Å². The molecule has 3 aliphatic heterocycles. The molecule has 4 rings (SSSR count). The molecular weight excluding hydrogens is 284 g/mol. The molecule has 112 valence electrons. The van der Waals surface area contributed by atoms with Crippen molar-refractivity contribution < 1.29 is 9.53 Å². The van der Waals surface area contributed by atoms with Crippen molar-refractivity contribution in [1.29, 1.82) is 0 Å². The third-order valence-electron chi connectivity index (χ3n) is 5.04. The minimum atomic E-state index is 0.0517. The van der Waals surface area contributed by atoms with E-state index in [2.05, 4.69) is 23.2 Å². The zero-order valence-electron chi connectivity index (χ0n) is 12.0. The molecule has 5 heteroatoms. The summed E-state index contributed by atoms with van der Waals surface area (Å²) in [4.78, 5) is 19.5. The number of carbonyl (C=O) groups excluding carboxylic acids is 1. The van der Waals surface area contributed by atoms with Gasteiger partial charge in [-0.15, -0.1) is 11.8 Å². The number of allylic oxidation sites excluding steroid dienone is 3. The highest BCUT2D eigenvalue weighted by Crippen LogP contribution is 2.54. The van der Waals surface area contributed by atoms with E-state index in [9.17, 15) is 4.79 Å². The van der Waals surface area contributed by atoms with Gasteiger partial charge in [-0.3, -0.25) is 9.79 Å². The molecule has 0 saturated carbocycles. The van der Waals surface area contributed by atoms with Crippen molar-refractivity contribution in [2.75, 3.05) is 32.1 Å². The molecule has 3 atom stereocenters. The fourth-order valence-electron chi connectivity index (χ4n) is 3.90. The fourth-order valence-corrected chi connectivity index (χ4v) is 5.68. The molecule has 0 N–H and O–H groups in total. The van der Waals surface area contributed by atoms with Gasteiger partial charge in [0.05, 0.1) is 23.9 Å². The van der Waals surface area contributed by atoms with Gasteiger partial charge in [0.15, 0.2) is 0 Å². The molecular formula is C16H20N2O2S. The monoisotopic (exact) mass is 304 g/mol. The van der Waals surface area contributed by atoms with Crippen molar-refractivity contribution >= 4 is 23.4 Å². The van der Waals surface area contributed by atoms with Gasteiger partial charge in [-0.1, -0.05) is 18.2 Å². The quantitative estimate of drug-likeness (QED) is 0.695. The van der Waals surface area contributed by atoms with Gasteiger partial charge in [-0.2, -0.15) is 0 Å². The van der Waals surface area contributed by atoms with E-state index in [1.54, 1.807) is 0 Å². The van der Waals surface area contributed by atoms with Gasteiger partial charge < -0.3 is 9.64 Å². The average molecular weight is 304 g/mol. The summed E-state index contributed by atoms with van der Waals surface area (Å²) in [7, 11) is 0. The highest BCUT2D eigenvalue weighted by Gasteiger charge is 2.54. The molecule has 1 aliphatic carbocycles. The summed E-state index contributed by atoms with van der Waals surface area (Å²) in [5.74, 6) is 1.63. The summed E-state index contributed by atoms with van der Waals surface area (Å²) in [6.07, 6.45) is 10.5. The Hall–Kier alpha value is -1.07. The lowest BCUT2D eigenvalue weighted by atomic mass is 9.73. The third kappa shape index (κ3) is 2.09. The predicted molar refractivity (Wildman–Crippen MR) is 84.5 cm³/mol. The number of amides is 1. The minimum absolute atomic E-state index is 0.0517. The first-order chi connectivity index (χ1) is 10.3. The maximum atomic E-state index is 12.9. The standard InChI is InChI=1S/C16H20N2O2S/c19-15(18-7-9-20-10-8-18)12-11-21-16-5-2-1-3-14(16)17-6-4-13(12)16/h1-2,4,6,12-13H,3,5,7-11H2. The second-order valence-electron chi connectivity index (χ2n) is 6.07. The molecule has 2 fully saturated rings. The zero-order chi connectivity index (χ0) is 14.3. The van der Waals surface area contributed by atoms with Crippen LogP contribution in [0.3, 0.4) is 0 Å². The first kappa shape index (κ1) is 13.6. The summed E-state index contributed by atoms with van der Waals surface area (Å²) in [5.41, 5.74) is 1.26. The maximum absolute atomic E-state index is 12.9. The SMILES string of the molecule is O=C(C1CSC23CC=CCC2=NC=CC13)N1CCOCC1. The molecule has 3 unspecified atom stereocenters. The van der Waals surface area contributed by atoms with Crippen LogP contribution >= 0.6 is 11.8 Å². The number of thioether (sulfide) groups is 1. The number of ether oxygens (including phenoxy) is 1. The Labute approximate surface area is 129 Å². The van der Waals surface area contributed by atoms with Crippen molar-refractivity contribution in [2.45, 2.75) is 17.6 Å². The smallest absolute Gasteiger partial charge is 0.227 e. The van der Waals surface area contributed by atoms with E-state index >= 15 is 0 Å². The number of carbonyl (C=O) groups is 1. The van der Waals surface area contributed by atoms with Crippen molar-refractivity contribution in [3.63, 3.8) is 0 Å². The topological polar surface area (TPSA) is 41.9 Å². The lowest BCUT2D eigenvalue weighted by Gasteiger charge is -2.39. The number of nitrogens with zero attached hydrogens (tertiary/aromatic N) is 2. The van der Waals surface area contributed by atoms with Gasteiger partial charge in [-0.05, 0) is 6.42 Å². The largest absolute Gasteiger partial charge is 0.378 e. The lowest BCUT2D eigenvalue weighted by molar-refractivity contribution is -0.140. The van der Waals surface area contributed by atoms with Gasteiger partial charge in [0.1, 0.15) is 0 Å². The van der Waals surface area contributed by atoms with Crippen LogP contribution in [0.25, 0.3) is 0 Å². The van der Waals surface area contributed by atoms with E-state index in [0.717, 1.165) is 31.7 Å². The van der Waals surface area contributed by atoms with Crippen molar-refractivity contribution in [3.05, 3.63) is 24.4 Å². The number of rotatable bonds is 1. The van der Waals surface area contributed by atoms with Gasteiger partial charge in [0.2, 0.25) is 5.91 Å².